The fraction of sp³-hybridized carbons (Fsp3) is 0.440. The lowest BCUT2D eigenvalue weighted by Gasteiger charge is -2.28. The zero-order valence-corrected chi connectivity index (χ0v) is 19.3. The fourth-order valence-corrected chi connectivity index (χ4v) is 4.16. The van der Waals surface area contributed by atoms with E-state index in [1.807, 2.05) is 13.8 Å². The van der Waals surface area contributed by atoms with Gasteiger partial charge in [-0.15, -0.1) is 0 Å². The van der Waals surface area contributed by atoms with Gasteiger partial charge in [-0.3, -0.25) is 14.9 Å². The number of hydrogen-bond acceptors (Lipinski definition) is 6. The topological polar surface area (TPSA) is 108 Å². The summed E-state index contributed by atoms with van der Waals surface area (Å²) >= 11 is 0. The van der Waals surface area contributed by atoms with Crippen LogP contribution in [0.5, 0.6) is 5.75 Å². The van der Waals surface area contributed by atoms with E-state index in [0.29, 0.717) is 24.3 Å². The van der Waals surface area contributed by atoms with E-state index in [2.05, 4.69) is 5.32 Å². The second-order valence-corrected chi connectivity index (χ2v) is 8.32. The van der Waals surface area contributed by atoms with Gasteiger partial charge in [0.2, 0.25) is 5.91 Å². The van der Waals surface area contributed by atoms with Crippen LogP contribution in [-0.4, -0.2) is 29.5 Å². The lowest BCUT2D eigenvalue weighted by atomic mass is 9.78. The molecule has 0 heterocycles. The number of non-ortho nitro benzene ring substituents is 1. The van der Waals surface area contributed by atoms with Gasteiger partial charge in [0, 0.05) is 17.8 Å². The molecule has 1 fully saturated rings. The van der Waals surface area contributed by atoms with Crippen molar-refractivity contribution in [2.45, 2.75) is 64.4 Å². The molecule has 33 heavy (non-hydrogen) atoms. The summed E-state index contributed by atoms with van der Waals surface area (Å²) in [6.45, 7) is 5.86. The van der Waals surface area contributed by atoms with Crippen molar-refractivity contribution in [1.29, 1.82) is 0 Å². The number of ether oxygens (including phenoxy) is 2. The van der Waals surface area contributed by atoms with Crippen molar-refractivity contribution in [1.82, 2.24) is 0 Å². The molecule has 0 aliphatic heterocycles. The van der Waals surface area contributed by atoms with Gasteiger partial charge in [-0.25, -0.2) is 4.79 Å². The van der Waals surface area contributed by atoms with E-state index in [0.717, 1.165) is 24.8 Å². The van der Waals surface area contributed by atoms with Crippen molar-refractivity contribution in [3.63, 3.8) is 0 Å². The second-order valence-electron chi connectivity index (χ2n) is 8.32. The molecule has 3 rings (SSSR count). The van der Waals surface area contributed by atoms with Crippen molar-refractivity contribution >= 4 is 23.3 Å². The fourth-order valence-electron chi connectivity index (χ4n) is 4.16. The molecular formula is C25H30N2O6. The molecule has 2 aromatic rings. The largest absolute Gasteiger partial charge is 0.490 e. The van der Waals surface area contributed by atoms with Crippen LogP contribution in [-0.2, 0) is 14.9 Å². The monoisotopic (exact) mass is 454 g/mol. The molecule has 0 unspecified atom stereocenters. The Kier molecular flexibility index (Phi) is 7.68. The Morgan fingerprint density at radius 2 is 1.79 bits per heavy atom. The van der Waals surface area contributed by atoms with Gasteiger partial charge in [0.15, 0.2) is 0 Å². The first-order chi connectivity index (χ1) is 15.8. The van der Waals surface area contributed by atoms with Crippen LogP contribution in [0.1, 0.15) is 68.8 Å². The number of rotatable bonds is 9. The van der Waals surface area contributed by atoms with Crippen LogP contribution in [0.3, 0.4) is 0 Å². The SMILES string of the molecule is CCOC(=O)c1cc(NC(=O)C2(c3ccc([N+](=O)[O-])cc3)CCCC2)ccc1O[C@H](C)CC. The number of carbonyl (C=O) groups is 2. The van der Waals surface area contributed by atoms with Crippen molar-refractivity contribution in [3.05, 3.63) is 63.7 Å². The van der Waals surface area contributed by atoms with Crippen molar-refractivity contribution < 1.29 is 24.0 Å². The van der Waals surface area contributed by atoms with E-state index in [-0.39, 0.29) is 29.9 Å². The average Bonchev–Trinajstić information content (AvgIpc) is 3.31. The number of anilines is 1. The number of nitro benzene ring substituents is 1. The maximum atomic E-state index is 13.5. The predicted octanol–water partition coefficient (Wildman–Crippen LogP) is 5.40. The third-order valence-corrected chi connectivity index (χ3v) is 6.16. The van der Waals surface area contributed by atoms with E-state index in [1.54, 1.807) is 37.3 Å². The molecule has 0 bridgehead atoms. The molecule has 0 saturated heterocycles. The summed E-state index contributed by atoms with van der Waals surface area (Å²) in [4.78, 5) is 36.6. The Hall–Kier alpha value is -3.42. The zero-order valence-electron chi connectivity index (χ0n) is 19.3. The van der Waals surface area contributed by atoms with Gasteiger partial charge in [-0.1, -0.05) is 31.9 Å². The van der Waals surface area contributed by atoms with Gasteiger partial charge in [0.25, 0.3) is 5.69 Å². The van der Waals surface area contributed by atoms with Gasteiger partial charge in [0.05, 0.1) is 23.0 Å². The van der Waals surface area contributed by atoms with E-state index in [4.69, 9.17) is 9.47 Å². The van der Waals surface area contributed by atoms with Crippen LogP contribution in [0, 0.1) is 10.1 Å². The molecule has 0 aromatic heterocycles. The highest BCUT2D eigenvalue weighted by Gasteiger charge is 2.43. The van der Waals surface area contributed by atoms with Gasteiger partial charge >= 0.3 is 5.97 Å². The maximum Gasteiger partial charge on any atom is 0.341 e. The van der Waals surface area contributed by atoms with Crippen LogP contribution >= 0.6 is 0 Å². The summed E-state index contributed by atoms with van der Waals surface area (Å²) < 4.78 is 11.0. The lowest BCUT2D eigenvalue weighted by Crippen LogP contribution is -2.38. The van der Waals surface area contributed by atoms with Crippen LogP contribution in [0.2, 0.25) is 0 Å². The number of nitro groups is 1. The third kappa shape index (κ3) is 5.32. The van der Waals surface area contributed by atoms with E-state index < -0.39 is 16.3 Å². The van der Waals surface area contributed by atoms with Gasteiger partial charge in [-0.2, -0.15) is 0 Å². The number of carbonyl (C=O) groups excluding carboxylic acids is 2. The van der Waals surface area contributed by atoms with Crippen LogP contribution in [0.25, 0.3) is 0 Å². The second kappa shape index (κ2) is 10.5. The number of esters is 1. The van der Waals surface area contributed by atoms with Gasteiger partial charge < -0.3 is 14.8 Å². The summed E-state index contributed by atoms with van der Waals surface area (Å²) in [5, 5.41) is 14.0. The van der Waals surface area contributed by atoms with Crippen LogP contribution in [0.4, 0.5) is 11.4 Å². The molecule has 1 aliphatic rings. The molecule has 1 atom stereocenters. The summed E-state index contributed by atoms with van der Waals surface area (Å²) in [5.41, 5.74) is 0.692. The average molecular weight is 455 g/mol. The molecule has 1 N–H and O–H groups in total. The zero-order chi connectivity index (χ0) is 24.0. The molecule has 0 radical (unpaired) electrons. The minimum atomic E-state index is -0.773. The Bertz CT molecular complexity index is 1010. The maximum absolute atomic E-state index is 13.5. The smallest absolute Gasteiger partial charge is 0.341 e. The first-order valence-electron chi connectivity index (χ1n) is 11.3. The van der Waals surface area contributed by atoms with E-state index >= 15 is 0 Å². The number of hydrogen-bond donors (Lipinski definition) is 1. The highest BCUT2D eigenvalue weighted by molar-refractivity contribution is 6.01. The summed E-state index contributed by atoms with van der Waals surface area (Å²) in [6.07, 6.45) is 3.77. The quantitative estimate of drug-likeness (QED) is 0.309. The minimum absolute atomic E-state index is 0.0109. The number of benzene rings is 2. The molecule has 1 aliphatic carbocycles. The van der Waals surface area contributed by atoms with Gasteiger partial charge in [0.1, 0.15) is 11.3 Å². The van der Waals surface area contributed by atoms with E-state index in [9.17, 15) is 19.7 Å². The molecule has 1 amide bonds. The third-order valence-electron chi connectivity index (χ3n) is 6.16. The molecular weight excluding hydrogens is 424 g/mol. The lowest BCUT2D eigenvalue weighted by molar-refractivity contribution is -0.384. The Morgan fingerprint density at radius 3 is 2.36 bits per heavy atom. The molecule has 1 saturated carbocycles. The Morgan fingerprint density at radius 1 is 1.12 bits per heavy atom. The van der Waals surface area contributed by atoms with Gasteiger partial charge in [-0.05, 0) is 56.9 Å². The number of amides is 1. The van der Waals surface area contributed by atoms with Crippen LogP contribution < -0.4 is 10.1 Å². The Labute approximate surface area is 193 Å². The van der Waals surface area contributed by atoms with Crippen molar-refractivity contribution in [2.24, 2.45) is 0 Å². The first-order valence-corrected chi connectivity index (χ1v) is 11.3. The predicted molar refractivity (Wildman–Crippen MR) is 125 cm³/mol. The molecule has 8 heteroatoms. The summed E-state index contributed by atoms with van der Waals surface area (Å²) in [6, 6.07) is 11.1. The summed E-state index contributed by atoms with van der Waals surface area (Å²) in [7, 11) is 0. The highest BCUT2D eigenvalue weighted by atomic mass is 16.6. The normalized spacial score (nSPS) is 15.5. The summed E-state index contributed by atoms with van der Waals surface area (Å²) in [5.74, 6) is -0.302. The minimum Gasteiger partial charge on any atom is -0.490 e. The Balaban J connectivity index is 1.90. The number of nitrogens with one attached hydrogen (secondary N) is 1. The standard InChI is InChI=1S/C25H30N2O6/c1-4-17(3)33-22-13-10-19(16-21(22)23(28)32-5-2)26-24(29)25(14-6-7-15-25)18-8-11-20(12-9-18)27(30)31/h8-13,16-17H,4-7,14-15H2,1-3H3,(H,26,29)/t17-/m1/s1. The molecule has 0 spiro atoms. The van der Waals surface area contributed by atoms with Crippen molar-refractivity contribution in [3.8, 4) is 5.75 Å². The van der Waals surface area contributed by atoms with E-state index in [1.165, 1.54) is 12.1 Å². The molecule has 2 aromatic carbocycles. The molecule has 176 valence electrons. The van der Waals surface area contributed by atoms with Crippen molar-refractivity contribution in [2.75, 3.05) is 11.9 Å². The van der Waals surface area contributed by atoms with Crippen LogP contribution in [0.15, 0.2) is 42.5 Å². The first kappa shape index (κ1) is 24.2. The highest BCUT2D eigenvalue weighted by Crippen LogP contribution is 2.42. The number of nitrogens with zero attached hydrogens (tertiary/aromatic N) is 1. The molecule has 8 nitrogen and oxygen atoms in total.